The van der Waals surface area contributed by atoms with Crippen LogP contribution in [0.4, 0.5) is 4.79 Å². The van der Waals surface area contributed by atoms with Gasteiger partial charge < -0.3 is 14.4 Å². The number of carbonyl (C=O) groups excluding carboxylic acids is 1. The van der Waals surface area contributed by atoms with Crippen molar-refractivity contribution in [2.45, 2.75) is 73.0 Å². The van der Waals surface area contributed by atoms with E-state index in [1.165, 1.54) is 5.57 Å². The van der Waals surface area contributed by atoms with Gasteiger partial charge in [-0.1, -0.05) is 32.1 Å². The first-order valence-corrected chi connectivity index (χ1v) is 8.83. The summed E-state index contributed by atoms with van der Waals surface area (Å²) < 4.78 is 11.2. The van der Waals surface area contributed by atoms with E-state index < -0.39 is 5.60 Å². The second-order valence-corrected chi connectivity index (χ2v) is 6.80. The molecule has 0 aromatic carbocycles. The van der Waals surface area contributed by atoms with Crippen LogP contribution in [-0.2, 0) is 9.47 Å². The number of ether oxygens (including phenoxy) is 2. The van der Waals surface area contributed by atoms with Crippen LogP contribution in [0.1, 0.15) is 61.3 Å². The van der Waals surface area contributed by atoms with Crippen molar-refractivity contribution in [1.29, 1.82) is 0 Å². The fourth-order valence-corrected chi connectivity index (χ4v) is 2.19. The highest BCUT2D eigenvalue weighted by molar-refractivity contribution is 5.69. The molecule has 0 N–H and O–H groups in total. The number of hydrogen-bond donors (Lipinski definition) is 0. The minimum absolute atomic E-state index is 0.0601. The van der Waals surface area contributed by atoms with Gasteiger partial charge in [-0.15, -0.1) is 0 Å². The smallest absolute Gasteiger partial charge is 0.410 e. The van der Waals surface area contributed by atoms with Crippen LogP contribution in [0.25, 0.3) is 0 Å². The second kappa shape index (κ2) is 11.0. The fraction of sp³-hybridized carbons (Fsp3) is 0.650. The van der Waals surface area contributed by atoms with Crippen molar-refractivity contribution in [2.24, 2.45) is 0 Å². The molecule has 0 radical (unpaired) electrons. The standard InChI is InChI=1S/C18H29NO3.C2H6/c1-7-16(11-10-14(2)3)21-13-15-9-8-12-19(15)17(20)22-18(4,5)6;1-2/h7,10-11,15H,1,8-9,12-13H2,2-6H3;1-2H3/b16-11+;. The topological polar surface area (TPSA) is 38.8 Å². The maximum Gasteiger partial charge on any atom is 0.410 e. The van der Waals surface area contributed by atoms with Crippen LogP contribution in [0.3, 0.4) is 0 Å². The maximum atomic E-state index is 12.2. The van der Waals surface area contributed by atoms with Crippen LogP contribution >= 0.6 is 0 Å². The summed E-state index contributed by atoms with van der Waals surface area (Å²) in [6.45, 7) is 18.6. The Bertz CT molecular complexity index is 454. The molecule has 1 aliphatic heterocycles. The Balaban J connectivity index is 0.00000254. The van der Waals surface area contributed by atoms with Crippen molar-refractivity contribution in [2.75, 3.05) is 13.2 Å². The van der Waals surface area contributed by atoms with Crippen molar-refractivity contribution in [3.63, 3.8) is 0 Å². The molecule has 0 aromatic rings. The average molecular weight is 338 g/mol. The number of rotatable bonds is 5. The molecule has 1 saturated heterocycles. The summed E-state index contributed by atoms with van der Waals surface area (Å²) in [4.78, 5) is 14.0. The van der Waals surface area contributed by atoms with E-state index in [1.54, 1.807) is 11.0 Å². The monoisotopic (exact) mass is 337 g/mol. The van der Waals surface area contributed by atoms with E-state index in [-0.39, 0.29) is 12.1 Å². The quantitative estimate of drug-likeness (QED) is 0.493. The van der Waals surface area contributed by atoms with Crippen LogP contribution in [-0.4, -0.2) is 35.8 Å². The maximum absolute atomic E-state index is 12.2. The average Bonchev–Trinajstić information content (AvgIpc) is 2.96. The zero-order valence-electron chi connectivity index (χ0n) is 16.5. The molecule has 1 unspecified atom stereocenters. The van der Waals surface area contributed by atoms with Crippen LogP contribution in [0, 0.1) is 0 Å². The van der Waals surface area contributed by atoms with Crippen LogP contribution in [0.5, 0.6) is 0 Å². The van der Waals surface area contributed by atoms with Gasteiger partial charge in [0.2, 0.25) is 0 Å². The van der Waals surface area contributed by atoms with Gasteiger partial charge in [0, 0.05) is 6.54 Å². The van der Waals surface area contributed by atoms with Gasteiger partial charge >= 0.3 is 6.09 Å². The van der Waals surface area contributed by atoms with Gasteiger partial charge in [0.05, 0.1) is 6.04 Å². The largest absolute Gasteiger partial charge is 0.491 e. The Kier molecular flexibility index (Phi) is 10.2. The van der Waals surface area contributed by atoms with Gasteiger partial charge in [-0.05, 0) is 59.6 Å². The van der Waals surface area contributed by atoms with Crippen molar-refractivity contribution in [3.05, 3.63) is 36.1 Å². The van der Waals surface area contributed by atoms with Gasteiger partial charge in [-0.2, -0.15) is 0 Å². The highest BCUT2D eigenvalue weighted by Gasteiger charge is 2.32. The van der Waals surface area contributed by atoms with E-state index in [4.69, 9.17) is 9.47 Å². The van der Waals surface area contributed by atoms with Gasteiger partial charge in [0.1, 0.15) is 18.0 Å². The van der Waals surface area contributed by atoms with Crippen molar-refractivity contribution in [3.8, 4) is 0 Å². The predicted molar refractivity (Wildman–Crippen MR) is 101 cm³/mol. The Hall–Kier alpha value is -1.71. The number of likely N-dealkylation sites (tertiary alicyclic amines) is 1. The summed E-state index contributed by atoms with van der Waals surface area (Å²) in [5.41, 5.74) is 0.722. The molecule has 1 fully saturated rings. The SMILES string of the molecule is C=C/C(=C\C=C(C)C)OCC1CCCN1C(=O)OC(C)(C)C.CC. The van der Waals surface area contributed by atoms with Crippen molar-refractivity contribution >= 4 is 6.09 Å². The second-order valence-electron chi connectivity index (χ2n) is 6.80. The first kappa shape index (κ1) is 22.3. The van der Waals surface area contributed by atoms with Gasteiger partial charge in [-0.25, -0.2) is 4.79 Å². The Morgan fingerprint density at radius 2 is 1.88 bits per heavy atom. The zero-order chi connectivity index (χ0) is 18.8. The number of carbonyl (C=O) groups is 1. The summed E-state index contributed by atoms with van der Waals surface area (Å²) in [6, 6.07) is 0.0601. The van der Waals surface area contributed by atoms with E-state index in [2.05, 4.69) is 6.58 Å². The van der Waals surface area contributed by atoms with Crippen LogP contribution < -0.4 is 0 Å². The number of hydrogen-bond acceptors (Lipinski definition) is 3. The van der Waals surface area contributed by atoms with E-state index in [0.29, 0.717) is 6.61 Å². The Morgan fingerprint density at radius 1 is 1.25 bits per heavy atom. The molecule has 0 saturated carbocycles. The molecule has 0 bridgehead atoms. The Labute approximate surface area is 148 Å². The number of allylic oxidation sites excluding steroid dienone is 4. The van der Waals surface area contributed by atoms with Gasteiger partial charge in [-0.3, -0.25) is 0 Å². The molecule has 1 atom stereocenters. The lowest BCUT2D eigenvalue weighted by Crippen LogP contribution is -2.41. The molecule has 1 amide bonds. The van der Waals surface area contributed by atoms with Crippen LogP contribution in [0.2, 0.25) is 0 Å². The molecule has 0 aromatic heterocycles. The highest BCUT2D eigenvalue weighted by Crippen LogP contribution is 2.21. The molecule has 1 aliphatic rings. The molecular weight excluding hydrogens is 302 g/mol. The molecule has 138 valence electrons. The van der Waals surface area contributed by atoms with E-state index in [0.717, 1.165) is 25.1 Å². The molecule has 1 heterocycles. The third-order valence-corrected chi connectivity index (χ3v) is 3.23. The van der Waals surface area contributed by atoms with E-state index in [1.807, 2.05) is 60.6 Å². The molecular formula is C20H35NO3. The minimum Gasteiger partial charge on any atom is -0.491 e. The molecule has 1 rings (SSSR count). The number of nitrogens with zero attached hydrogens (tertiary/aromatic N) is 1. The molecule has 4 nitrogen and oxygen atoms in total. The zero-order valence-corrected chi connectivity index (χ0v) is 16.5. The summed E-state index contributed by atoms with van der Waals surface area (Å²) in [7, 11) is 0. The van der Waals surface area contributed by atoms with E-state index in [9.17, 15) is 4.79 Å². The van der Waals surface area contributed by atoms with E-state index >= 15 is 0 Å². The summed E-state index contributed by atoms with van der Waals surface area (Å²) in [5, 5.41) is 0. The summed E-state index contributed by atoms with van der Waals surface area (Å²) in [6.07, 6.45) is 7.23. The molecule has 24 heavy (non-hydrogen) atoms. The van der Waals surface area contributed by atoms with Crippen molar-refractivity contribution in [1.82, 2.24) is 4.90 Å². The third-order valence-electron chi connectivity index (χ3n) is 3.23. The number of amides is 1. The third kappa shape index (κ3) is 8.80. The summed E-state index contributed by atoms with van der Waals surface area (Å²) >= 11 is 0. The molecule has 0 aliphatic carbocycles. The minimum atomic E-state index is -0.472. The first-order valence-electron chi connectivity index (χ1n) is 8.83. The lowest BCUT2D eigenvalue weighted by molar-refractivity contribution is 0.0160. The molecule has 4 heteroatoms. The lowest BCUT2D eigenvalue weighted by Gasteiger charge is -2.28. The highest BCUT2D eigenvalue weighted by atomic mass is 16.6. The fourth-order valence-electron chi connectivity index (χ4n) is 2.19. The first-order chi connectivity index (χ1) is 11.2. The van der Waals surface area contributed by atoms with Crippen LogP contribution in [0.15, 0.2) is 36.1 Å². The normalized spacial score (nSPS) is 17.5. The van der Waals surface area contributed by atoms with Crippen molar-refractivity contribution < 1.29 is 14.3 Å². The Morgan fingerprint density at radius 3 is 2.38 bits per heavy atom. The van der Waals surface area contributed by atoms with Gasteiger partial charge in [0.15, 0.2) is 0 Å². The van der Waals surface area contributed by atoms with Gasteiger partial charge in [0.25, 0.3) is 0 Å². The predicted octanol–water partition coefficient (Wildman–Crippen LogP) is 5.46. The summed E-state index contributed by atoms with van der Waals surface area (Å²) in [5.74, 6) is 0.720. The molecule has 0 spiro atoms. The lowest BCUT2D eigenvalue weighted by atomic mass is 10.2.